The number of amides is 2. The van der Waals surface area contributed by atoms with Crippen molar-refractivity contribution in [2.24, 2.45) is 11.7 Å². The van der Waals surface area contributed by atoms with E-state index < -0.39 is 11.7 Å². The van der Waals surface area contributed by atoms with Crippen LogP contribution in [0.2, 0.25) is 0 Å². The highest BCUT2D eigenvalue weighted by Crippen LogP contribution is 2.18. The molecule has 0 radical (unpaired) electrons. The van der Waals surface area contributed by atoms with Gasteiger partial charge in [0.05, 0.1) is 5.56 Å². The Kier molecular flexibility index (Phi) is 4.11. The number of primary amides is 1. The molecule has 1 fully saturated rings. The van der Waals surface area contributed by atoms with E-state index >= 15 is 0 Å². The zero-order valence-electron chi connectivity index (χ0n) is 10.4. The molecule has 0 saturated carbocycles. The van der Waals surface area contributed by atoms with Crippen molar-refractivity contribution < 1.29 is 14.0 Å². The van der Waals surface area contributed by atoms with E-state index in [2.05, 4.69) is 10.6 Å². The summed E-state index contributed by atoms with van der Waals surface area (Å²) in [4.78, 5) is 23.0. The minimum absolute atomic E-state index is 0.0525. The minimum Gasteiger partial charge on any atom is -0.366 e. The van der Waals surface area contributed by atoms with Gasteiger partial charge in [-0.1, -0.05) is 0 Å². The molecule has 2 amide bonds. The molecule has 2 rings (SSSR count). The number of piperidine rings is 1. The van der Waals surface area contributed by atoms with Crippen LogP contribution in [0.3, 0.4) is 0 Å². The quantitative estimate of drug-likeness (QED) is 0.758. The van der Waals surface area contributed by atoms with Gasteiger partial charge in [0.15, 0.2) is 0 Å². The Morgan fingerprint density at radius 3 is 2.63 bits per heavy atom. The van der Waals surface area contributed by atoms with Crippen LogP contribution in [0.25, 0.3) is 0 Å². The number of anilines is 1. The molecule has 1 heterocycles. The Morgan fingerprint density at radius 2 is 2.00 bits per heavy atom. The number of rotatable bonds is 3. The van der Waals surface area contributed by atoms with Crippen LogP contribution >= 0.6 is 0 Å². The highest BCUT2D eigenvalue weighted by molar-refractivity contribution is 5.97. The van der Waals surface area contributed by atoms with E-state index in [1.54, 1.807) is 0 Å². The standard InChI is InChI=1S/C13H16FN3O2/c14-11-2-1-9(7-10(11)12(15)18)17-13(19)8-3-5-16-6-4-8/h1-2,7-8,16H,3-6H2,(H2,15,18)(H,17,19). The first-order chi connectivity index (χ1) is 9.08. The molecular weight excluding hydrogens is 249 g/mol. The Morgan fingerprint density at radius 1 is 1.32 bits per heavy atom. The first-order valence-electron chi connectivity index (χ1n) is 6.19. The first-order valence-corrected chi connectivity index (χ1v) is 6.19. The van der Waals surface area contributed by atoms with E-state index in [1.165, 1.54) is 12.1 Å². The number of carbonyl (C=O) groups excluding carboxylic acids is 2. The Hall–Kier alpha value is -1.95. The zero-order chi connectivity index (χ0) is 13.8. The second-order valence-electron chi connectivity index (χ2n) is 4.57. The second-order valence-corrected chi connectivity index (χ2v) is 4.57. The highest BCUT2D eigenvalue weighted by Gasteiger charge is 2.21. The van der Waals surface area contributed by atoms with Crippen molar-refractivity contribution in [3.8, 4) is 0 Å². The van der Waals surface area contributed by atoms with Crippen molar-refractivity contribution in [1.82, 2.24) is 5.32 Å². The van der Waals surface area contributed by atoms with E-state index in [0.717, 1.165) is 32.0 Å². The Balaban J connectivity index is 2.08. The maximum absolute atomic E-state index is 13.3. The van der Waals surface area contributed by atoms with Gasteiger partial charge in [-0.25, -0.2) is 4.39 Å². The Labute approximate surface area is 110 Å². The van der Waals surface area contributed by atoms with Crippen molar-refractivity contribution in [2.75, 3.05) is 18.4 Å². The van der Waals surface area contributed by atoms with Gasteiger partial charge in [0.1, 0.15) is 5.82 Å². The van der Waals surface area contributed by atoms with E-state index in [1.807, 2.05) is 0 Å². The summed E-state index contributed by atoms with van der Waals surface area (Å²) in [5.41, 5.74) is 5.23. The molecule has 102 valence electrons. The molecule has 1 aliphatic heterocycles. The monoisotopic (exact) mass is 265 g/mol. The summed E-state index contributed by atoms with van der Waals surface area (Å²) in [5, 5.41) is 5.87. The van der Waals surface area contributed by atoms with Crippen LogP contribution in [0.4, 0.5) is 10.1 Å². The van der Waals surface area contributed by atoms with Crippen molar-refractivity contribution >= 4 is 17.5 Å². The van der Waals surface area contributed by atoms with Gasteiger partial charge in [-0.2, -0.15) is 0 Å². The molecule has 0 bridgehead atoms. The van der Waals surface area contributed by atoms with Gasteiger partial charge < -0.3 is 16.4 Å². The van der Waals surface area contributed by atoms with E-state index in [-0.39, 0.29) is 17.4 Å². The van der Waals surface area contributed by atoms with Crippen molar-refractivity contribution in [1.29, 1.82) is 0 Å². The molecular formula is C13H16FN3O2. The molecule has 0 spiro atoms. The number of hydrogen-bond acceptors (Lipinski definition) is 3. The molecule has 6 heteroatoms. The highest BCUT2D eigenvalue weighted by atomic mass is 19.1. The molecule has 19 heavy (non-hydrogen) atoms. The first kappa shape index (κ1) is 13.5. The van der Waals surface area contributed by atoms with E-state index in [9.17, 15) is 14.0 Å². The van der Waals surface area contributed by atoms with Gasteiger partial charge >= 0.3 is 0 Å². The second kappa shape index (κ2) is 5.79. The molecule has 1 aliphatic rings. The topological polar surface area (TPSA) is 84.2 Å². The fraction of sp³-hybridized carbons (Fsp3) is 0.385. The van der Waals surface area contributed by atoms with Crippen molar-refractivity contribution in [3.05, 3.63) is 29.6 Å². The van der Waals surface area contributed by atoms with Crippen molar-refractivity contribution in [2.45, 2.75) is 12.8 Å². The molecule has 1 saturated heterocycles. The number of benzene rings is 1. The summed E-state index contributed by atoms with van der Waals surface area (Å²) in [6, 6.07) is 3.80. The fourth-order valence-electron chi connectivity index (χ4n) is 2.12. The molecule has 0 unspecified atom stereocenters. The molecule has 0 atom stereocenters. The molecule has 4 N–H and O–H groups in total. The van der Waals surface area contributed by atoms with Crippen LogP contribution in [0.5, 0.6) is 0 Å². The number of halogens is 1. The van der Waals surface area contributed by atoms with Gasteiger partial charge in [-0.15, -0.1) is 0 Å². The molecule has 0 aromatic heterocycles. The van der Waals surface area contributed by atoms with E-state index in [4.69, 9.17) is 5.73 Å². The smallest absolute Gasteiger partial charge is 0.251 e. The SMILES string of the molecule is NC(=O)c1cc(NC(=O)C2CCNCC2)ccc1F. The summed E-state index contributed by atoms with van der Waals surface area (Å²) in [6.07, 6.45) is 1.55. The van der Waals surface area contributed by atoms with Gasteiger partial charge in [-0.05, 0) is 44.1 Å². The van der Waals surface area contributed by atoms with Gasteiger partial charge in [-0.3, -0.25) is 9.59 Å². The van der Waals surface area contributed by atoms with Gasteiger partial charge in [0, 0.05) is 11.6 Å². The number of nitrogens with one attached hydrogen (secondary N) is 2. The molecule has 1 aromatic carbocycles. The summed E-state index contributed by atoms with van der Waals surface area (Å²) in [5.74, 6) is -1.70. The van der Waals surface area contributed by atoms with Gasteiger partial charge in [0.25, 0.3) is 5.91 Å². The predicted octanol–water partition coefficient (Wildman–Crippen LogP) is 0.863. The average Bonchev–Trinajstić information content (AvgIpc) is 2.41. The number of carbonyl (C=O) groups is 2. The normalized spacial score (nSPS) is 16.1. The van der Waals surface area contributed by atoms with Crippen LogP contribution in [0, 0.1) is 11.7 Å². The molecule has 0 aliphatic carbocycles. The molecule has 5 nitrogen and oxygen atoms in total. The van der Waals surface area contributed by atoms with Crippen LogP contribution in [-0.4, -0.2) is 24.9 Å². The zero-order valence-corrected chi connectivity index (χ0v) is 10.4. The maximum Gasteiger partial charge on any atom is 0.251 e. The minimum atomic E-state index is -0.851. The van der Waals surface area contributed by atoms with Crippen LogP contribution in [0.1, 0.15) is 23.2 Å². The van der Waals surface area contributed by atoms with Crippen LogP contribution < -0.4 is 16.4 Å². The third-order valence-corrected chi connectivity index (χ3v) is 3.21. The number of hydrogen-bond donors (Lipinski definition) is 3. The van der Waals surface area contributed by atoms with E-state index in [0.29, 0.717) is 5.69 Å². The largest absolute Gasteiger partial charge is 0.366 e. The third-order valence-electron chi connectivity index (χ3n) is 3.21. The predicted molar refractivity (Wildman–Crippen MR) is 69.1 cm³/mol. The van der Waals surface area contributed by atoms with Gasteiger partial charge in [0.2, 0.25) is 5.91 Å². The summed E-state index contributed by atoms with van der Waals surface area (Å²) in [7, 11) is 0. The Bertz CT molecular complexity index is 499. The maximum atomic E-state index is 13.3. The average molecular weight is 265 g/mol. The fourth-order valence-corrected chi connectivity index (χ4v) is 2.12. The van der Waals surface area contributed by atoms with Crippen molar-refractivity contribution in [3.63, 3.8) is 0 Å². The summed E-state index contributed by atoms with van der Waals surface area (Å²) >= 11 is 0. The lowest BCUT2D eigenvalue weighted by Crippen LogP contribution is -2.34. The lowest BCUT2D eigenvalue weighted by Gasteiger charge is -2.21. The van der Waals surface area contributed by atoms with Crippen LogP contribution in [-0.2, 0) is 4.79 Å². The number of nitrogens with two attached hydrogens (primary N) is 1. The third kappa shape index (κ3) is 3.29. The lowest BCUT2D eigenvalue weighted by molar-refractivity contribution is -0.120. The molecule has 1 aromatic rings. The lowest BCUT2D eigenvalue weighted by atomic mass is 9.97. The summed E-state index contributed by atoms with van der Waals surface area (Å²) < 4.78 is 13.3. The van der Waals surface area contributed by atoms with Crippen LogP contribution in [0.15, 0.2) is 18.2 Å². The summed E-state index contributed by atoms with van der Waals surface area (Å²) in [6.45, 7) is 1.63.